The van der Waals surface area contributed by atoms with E-state index in [0.717, 1.165) is 25.0 Å². The van der Waals surface area contributed by atoms with Crippen LogP contribution in [-0.4, -0.2) is 5.54 Å². The zero-order chi connectivity index (χ0) is 15.8. The molecule has 0 bridgehead atoms. The molecule has 0 aliphatic heterocycles. The highest BCUT2D eigenvalue weighted by Crippen LogP contribution is 2.30. The quantitative estimate of drug-likeness (QED) is 0.526. The van der Waals surface area contributed by atoms with E-state index in [0.29, 0.717) is 0 Å². The Hall–Kier alpha value is -1.24. The van der Waals surface area contributed by atoms with E-state index < -0.39 is 0 Å². The summed E-state index contributed by atoms with van der Waals surface area (Å²) in [6, 6.07) is 0. The van der Waals surface area contributed by atoms with Gasteiger partial charge in [0.2, 0.25) is 0 Å². The fraction of sp³-hybridized carbons (Fsp3) is 0.579. The summed E-state index contributed by atoms with van der Waals surface area (Å²) in [4.78, 5) is 0. The van der Waals surface area contributed by atoms with Gasteiger partial charge in [-0.3, -0.25) is 0 Å². The lowest BCUT2D eigenvalue weighted by Crippen LogP contribution is -2.39. The second-order valence-electron chi connectivity index (χ2n) is 6.28. The molecule has 114 valence electrons. The third-order valence-corrected chi connectivity index (χ3v) is 4.55. The summed E-state index contributed by atoms with van der Waals surface area (Å²) < 4.78 is 0. The maximum Gasteiger partial charge on any atom is 0.0340 e. The van der Waals surface area contributed by atoms with Crippen LogP contribution in [0.25, 0.3) is 0 Å². The molecule has 0 aromatic carbocycles. The maximum atomic E-state index is 3.94. The number of nitrogens with one attached hydrogen (secondary N) is 1. The minimum Gasteiger partial charge on any atom is -0.380 e. The molecular formula is C19H33N. The Balaban J connectivity index is 5.25. The highest BCUT2D eigenvalue weighted by molar-refractivity contribution is 5.32. The van der Waals surface area contributed by atoms with Gasteiger partial charge in [-0.05, 0) is 49.3 Å². The van der Waals surface area contributed by atoms with Gasteiger partial charge in [0.05, 0.1) is 0 Å². The minimum absolute atomic E-state index is 0.127. The zero-order valence-corrected chi connectivity index (χ0v) is 14.3. The van der Waals surface area contributed by atoms with Crippen molar-refractivity contribution in [3.8, 4) is 0 Å². The van der Waals surface area contributed by atoms with Crippen molar-refractivity contribution in [1.29, 1.82) is 0 Å². The first-order valence-corrected chi connectivity index (χ1v) is 7.74. The van der Waals surface area contributed by atoms with Gasteiger partial charge in [0, 0.05) is 11.2 Å². The van der Waals surface area contributed by atoms with Crippen molar-refractivity contribution < 1.29 is 0 Å². The lowest BCUT2D eigenvalue weighted by Gasteiger charge is -2.30. The van der Waals surface area contributed by atoms with Gasteiger partial charge in [0.15, 0.2) is 0 Å². The summed E-state index contributed by atoms with van der Waals surface area (Å²) >= 11 is 0. The monoisotopic (exact) mass is 275 g/mol. The van der Waals surface area contributed by atoms with Crippen LogP contribution < -0.4 is 5.32 Å². The lowest BCUT2D eigenvalue weighted by molar-refractivity contribution is 0.367. The van der Waals surface area contributed by atoms with E-state index in [1.54, 1.807) is 0 Å². The van der Waals surface area contributed by atoms with E-state index in [1.807, 2.05) is 12.2 Å². The smallest absolute Gasteiger partial charge is 0.0340 e. The van der Waals surface area contributed by atoms with Crippen molar-refractivity contribution in [3.05, 3.63) is 48.7 Å². The summed E-state index contributed by atoms with van der Waals surface area (Å²) in [5, 5.41) is 3.59. The lowest BCUT2D eigenvalue weighted by atomic mass is 9.81. The average Bonchev–Trinajstić information content (AvgIpc) is 2.46. The first-order valence-electron chi connectivity index (χ1n) is 7.74. The first-order chi connectivity index (χ1) is 9.28. The molecule has 0 saturated heterocycles. The van der Waals surface area contributed by atoms with E-state index in [2.05, 4.69) is 72.2 Å². The van der Waals surface area contributed by atoms with Crippen molar-refractivity contribution in [1.82, 2.24) is 5.32 Å². The topological polar surface area (TPSA) is 12.0 Å². The van der Waals surface area contributed by atoms with E-state index in [-0.39, 0.29) is 11.0 Å². The summed E-state index contributed by atoms with van der Waals surface area (Å²) in [6.07, 6.45) is 11.4. The standard InChI is InChI=1S/C19H33N/c1-9-16(18(6,7)11-3)14-15-17(10-2)20-19(8,12-4)13-5/h9-10,14-15,20H,1-2,11-13H2,3-8H3/b16-14+,17-15+. The molecule has 0 rings (SSSR count). The Morgan fingerprint density at radius 2 is 1.45 bits per heavy atom. The zero-order valence-electron chi connectivity index (χ0n) is 14.3. The molecule has 0 spiro atoms. The van der Waals surface area contributed by atoms with Crippen LogP contribution in [0.5, 0.6) is 0 Å². The highest BCUT2D eigenvalue weighted by Gasteiger charge is 2.20. The second kappa shape index (κ2) is 8.14. The molecule has 0 radical (unpaired) electrons. The number of rotatable bonds is 9. The summed E-state index contributed by atoms with van der Waals surface area (Å²) in [6.45, 7) is 21.2. The van der Waals surface area contributed by atoms with Gasteiger partial charge in [-0.1, -0.05) is 59.9 Å². The molecule has 0 unspecified atom stereocenters. The third-order valence-electron chi connectivity index (χ3n) is 4.55. The van der Waals surface area contributed by atoms with Gasteiger partial charge in [0.25, 0.3) is 0 Å². The van der Waals surface area contributed by atoms with Crippen LogP contribution in [0.3, 0.4) is 0 Å². The Labute approximate surface area is 126 Å². The van der Waals surface area contributed by atoms with Crippen molar-refractivity contribution in [2.45, 2.75) is 66.3 Å². The average molecular weight is 275 g/mol. The van der Waals surface area contributed by atoms with Gasteiger partial charge < -0.3 is 5.32 Å². The maximum absolute atomic E-state index is 3.94. The van der Waals surface area contributed by atoms with Crippen molar-refractivity contribution >= 4 is 0 Å². The Morgan fingerprint density at radius 1 is 0.900 bits per heavy atom. The van der Waals surface area contributed by atoms with E-state index in [9.17, 15) is 0 Å². The van der Waals surface area contributed by atoms with Crippen LogP contribution in [0, 0.1) is 5.41 Å². The summed E-state index contributed by atoms with van der Waals surface area (Å²) in [7, 11) is 0. The predicted octanol–water partition coefficient (Wildman–Crippen LogP) is 5.77. The van der Waals surface area contributed by atoms with Gasteiger partial charge in [-0.2, -0.15) is 0 Å². The van der Waals surface area contributed by atoms with Gasteiger partial charge in [-0.25, -0.2) is 0 Å². The Bertz CT molecular complexity index is 379. The molecule has 0 aromatic rings. The Kier molecular flexibility index (Phi) is 7.63. The van der Waals surface area contributed by atoms with Gasteiger partial charge in [-0.15, -0.1) is 0 Å². The van der Waals surface area contributed by atoms with Crippen molar-refractivity contribution in [2.75, 3.05) is 0 Å². The molecule has 1 nitrogen and oxygen atoms in total. The molecule has 1 N–H and O–H groups in total. The van der Waals surface area contributed by atoms with Crippen LogP contribution in [0.2, 0.25) is 0 Å². The van der Waals surface area contributed by atoms with E-state index >= 15 is 0 Å². The normalized spacial score (nSPS) is 14.1. The minimum atomic E-state index is 0.127. The SMILES string of the molecule is C=C/C(=C\C=C(/C=C)C(C)(C)CC)NC(C)(CC)CC. The summed E-state index contributed by atoms with van der Waals surface area (Å²) in [5.41, 5.74) is 2.62. The van der Waals surface area contributed by atoms with E-state index in [1.165, 1.54) is 5.57 Å². The fourth-order valence-electron chi connectivity index (χ4n) is 1.89. The number of allylic oxidation sites excluding steroid dienone is 5. The highest BCUT2D eigenvalue weighted by atomic mass is 15.0. The first kappa shape index (κ1) is 18.8. The molecule has 0 heterocycles. The van der Waals surface area contributed by atoms with E-state index in [4.69, 9.17) is 0 Å². The molecule has 0 aliphatic carbocycles. The summed E-state index contributed by atoms with van der Waals surface area (Å²) in [5.74, 6) is 0. The van der Waals surface area contributed by atoms with Crippen LogP contribution in [0.15, 0.2) is 48.7 Å². The van der Waals surface area contributed by atoms with Gasteiger partial charge >= 0.3 is 0 Å². The van der Waals surface area contributed by atoms with Crippen molar-refractivity contribution in [2.24, 2.45) is 5.41 Å². The number of hydrogen-bond donors (Lipinski definition) is 1. The largest absolute Gasteiger partial charge is 0.380 e. The van der Waals surface area contributed by atoms with Crippen LogP contribution in [0.4, 0.5) is 0 Å². The van der Waals surface area contributed by atoms with Crippen LogP contribution in [-0.2, 0) is 0 Å². The molecule has 20 heavy (non-hydrogen) atoms. The molecule has 0 aromatic heterocycles. The Morgan fingerprint density at radius 3 is 1.80 bits per heavy atom. The predicted molar refractivity (Wildman–Crippen MR) is 92.8 cm³/mol. The molecular weight excluding hydrogens is 242 g/mol. The van der Waals surface area contributed by atoms with Crippen LogP contribution in [0.1, 0.15) is 60.8 Å². The molecule has 1 heteroatoms. The van der Waals surface area contributed by atoms with Crippen molar-refractivity contribution in [3.63, 3.8) is 0 Å². The van der Waals surface area contributed by atoms with Crippen LogP contribution >= 0.6 is 0 Å². The molecule has 0 fully saturated rings. The van der Waals surface area contributed by atoms with Gasteiger partial charge in [0.1, 0.15) is 0 Å². The molecule has 0 aliphatic rings. The fourth-order valence-corrected chi connectivity index (χ4v) is 1.89. The molecule has 0 atom stereocenters. The second-order valence-corrected chi connectivity index (χ2v) is 6.28. The number of hydrogen-bond acceptors (Lipinski definition) is 1. The molecule has 0 amide bonds. The third kappa shape index (κ3) is 5.40. The molecule has 0 saturated carbocycles.